The highest BCUT2D eigenvalue weighted by atomic mass is 16.5. The molecule has 0 radical (unpaired) electrons. The molecule has 4 aliphatic rings. The van der Waals surface area contributed by atoms with E-state index in [4.69, 9.17) is 4.74 Å². The highest BCUT2D eigenvalue weighted by Crippen LogP contribution is 2.65. The molecule has 0 amide bonds. The minimum Gasteiger partial charge on any atom is -0.499 e. The molecule has 2 heteroatoms. The molecular formula is C21H32O2. The summed E-state index contributed by atoms with van der Waals surface area (Å²) in [6.07, 6.45) is 11.9. The predicted octanol–water partition coefficient (Wildman–Crippen LogP) is 5.13. The zero-order chi connectivity index (χ0) is 16.2. The zero-order valence-electron chi connectivity index (χ0n) is 15.1. The summed E-state index contributed by atoms with van der Waals surface area (Å²) in [6.45, 7) is 7.72. The molecule has 1 unspecified atom stereocenters. The molecule has 128 valence electrons. The molecule has 2 nitrogen and oxygen atoms in total. The Balaban J connectivity index is 1.61. The van der Waals surface area contributed by atoms with Gasteiger partial charge in [-0.25, -0.2) is 0 Å². The minimum atomic E-state index is 0.0192. The number of carbonyl (C=O) groups excluding carboxylic acids is 1. The highest BCUT2D eigenvalue weighted by Gasteiger charge is 2.59. The number of hydrogen-bond acceptors (Lipinski definition) is 2. The van der Waals surface area contributed by atoms with Gasteiger partial charge in [-0.05, 0) is 80.6 Å². The Bertz CT molecular complexity index is 536. The van der Waals surface area contributed by atoms with E-state index >= 15 is 0 Å². The predicted molar refractivity (Wildman–Crippen MR) is 91.8 cm³/mol. The lowest BCUT2D eigenvalue weighted by Crippen LogP contribution is -2.52. The van der Waals surface area contributed by atoms with Crippen LogP contribution < -0.4 is 0 Å². The van der Waals surface area contributed by atoms with Crippen LogP contribution in [0, 0.1) is 34.5 Å². The van der Waals surface area contributed by atoms with Gasteiger partial charge in [-0.2, -0.15) is 0 Å². The molecule has 6 atom stereocenters. The first kappa shape index (κ1) is 15.7. The largest absolute Gasteiger partial charge is 0.499 e. The Hall–Kier alpha value is -0.790. The van der Waals surface area contributed by atoms with Crippen molar-refractivity contribution >= 4 is 5.78 Å². The average Bonchev–Trinajstić information content (AvgIpc) is 2.84. The molecule has 23 heavy (non-hydrogen) atoms. The third kappa shape index (κ3) is 2.16. The van der Waals surface area contributed by atoms with Crippen molar-refractivity contribution in [1.29, 1.82) is 0 Å². The van der Waals surface area contributed by atoms with Gasteiger partial charge < -0.3 is 4.74 Å². The Morgan fingerprint density at radius 3 is 2.70 bits per heavy atom. The lowest BCUT2D eigenvalue weighted by Gasteiger charge is -2.58. The molecular weight excluding hydrogens is 284 g/mol. The fraction of sp³-hybridized carbons (Fsp3) is 0.857. The van der Waals surface area contributed by atoms with E-state index in [-0.39, 0.29) is 5.41 Å². The minimum absolute atomic E-state index is 0.0192. The van der Waals surface area contributed by atoms with Gasteiger partial charge in [0.05, 0.1) is 12.4 Å². The summed E-state index contributed by atoms with van der Waals surface area (Å²) in [7, 11) is 0. The Kier molecular flexibility index (Phi) is 3.66. The van der Waals surface area contributed by atoms with E-state index in [2.05, 4.69) is 26.8 Å². The molecule has 0 heterocycles. The third-order valence-corrected chi connectivity index (χ3v) is 8.28. The Morgan fingerprint density at radius 1 is 1.09 bits per heavy atom. The van der Waals surface area contributed by atoms with E-state index in [1.54, 1.807) is 0 Å². The number of ketones is 1. The van der Waals surface area contributed by atoms with Gasteiger partial charge in [0.25, 0.3) is 0 Å². The fourth-order valence-corrected chi connectivity index (χ4v) is 6.91. The van der Waals surface area contributed by atoms with Crippen LogP contribution in [0.3, 0.4) is 0 Å². The Labute approximate surface area is 141 Å². The van der Waals surface area contributed by atoms with Gasteiger partial charge in [-0.3, -0.25) is 4.79 Å². The number of Topliss-reactive ketones (excluding diaryl/α,β-unsaturated/α-hetero) is 1. The molecule has 0 spiro atoms. The van der Waals surface area contributed by atoms with E-state index in [1.165, 1.54) is 31.4 Å². The lowest BCUT2D eigenvalue weighted by molar-refractivity contribution is -0.136. The summed E-state index contributed by atoms with van der Waals surface area (Å²) in [5.74, 6) is 4.79. The first-order valence-electron chi connectivity index (χ1n) is 9.86. The second-order valence-electron chi connectivity index (χ2n) is 9.05. The average molecular weight is 316 g/mol. The number of carbonyl (C=O) groups is 1. The van der Waals surface area contributed by atoms with Crippen molar-refractivity contribution < 1.29 is 9.53 Å². The molecule has 3 fully saturated rings. The smallest absolute Gasteiger partial charge is 0.139 e. The van der Waals surface area contributed by atoms with Crippen LogP contribution in [0.15, 0.2) is 11.8 Å². The summed E-state index contributed by atoms with van der Waals surface area (Å²) in [4.78, 5) is 12.5. The number of allylic oxidation sites excluding steroid dienone is 2. The van der Waals surface area contributed by atoms with Crippen molar-refractivity contribution in [3.8, 4) is 0 Å². The van der Waals surface area contributed by atoms with Crippen LogP contribution in [0.4, 0.5) is 0 Å². The van der Waals surface area contributed by atoms with Gasteiger partial charge in [-0.15, -0.1) is 0 Å². The maximum Gasteiger partial charge on any atom is 0.139 e. The molecule has 3 saturated carbocycles. The van der Waals surface area contributed by atoms with E-state index < -0.39 is 0 Å². The van der Waals surface area contributed by atoms with Crippen molar-refractivity contribution in [2.45, 2.75) is 72.1 Å². The molecule has 0 aliphatic heterocycles. The van der Waals surface area contributed by atoms with Gasteiger partial charge in [0.15, 0.2) is 0 Å². The molecule has 0 N–H and O–H groups in total. The highest BCUT2D eigenvalue weighted by molar-refractivity contribution is 5.87. The van der Waals surface area contributed by atoms with Gasteiger partial charge in [0.1, 0.15) is 5.78 Å². The van der Waals surface area contributed by atoms with Gasteiger partial charge in [0.2, 0.25) is 0 Å². The van der Waals surface area contributed by atoms with Crippen molar-refractivity contribution in [3.63, 3.8) is 0 Å². The maximum absolute atomic E-state index is 12.5. The van der Waals surface area contributed by atoms with Crippen molar-refractivity contribution in [2.24, 2.45) is 34.5 Å². The van der Waals surface area contributed by atoms with Crippen LogP contribution >= 0.6 is 0 Å². The summed E-state index contributed by atoms with van der Waals surface area (Å²) >= 11 is 0. The number of rotatable bonds is 2. The molecule has 4 aliphatic carbocycles. The number of ether oxygens (including phenoxy) is 1. The van der Waals surface area contributed by atoms with Crippen LogP contribution in [-0.2, 0) is 9.53 Å². The van der Waals surface area contributed by atoms with Crippen LogP contribution in [0.5, 0.6) is 0 Å². The molecule has 4 rings (SSSR count). The lowest BCUT2D eigenvalue weighted by atomic mass is 9.46. The summed E-state index contributed by atoms with van der Waals surface area (Å²) in [6, 6.07) is 0. The number of hydrogen-bond donors (Lipinski definition) is 0. The summed E-state index contributed by atoms with van der Waals surface area (Å²) in [5, 5.41) is 0. The van der Waals surface area contributed by atoms with E-state index in [0.29, 0.717) is 23.0 Å². The maximum atomic E-state index is 12.5. The Morgan fingerprint density at radius 2 is 1.91 bits per heavy atom. The summed E-state index contributed by atoms with van der Waals surface area (Å²) in [5.41, 5.74) is 0.460. The molecule has 0 aromatic heterocycles. The van der Waals surface area contributed by atoms with Crippen molar-refractivity contribution in [2.75, 3.05) is 6.61 Å². The van der Waals surface area contributed by atoms with Crippen molar-refractivity contribution in [3.05, 3.63) is 11.8 Å². The first-order valence-corrected chi connectivity index (χ1v) is 9.86. The quantitative estimate of drug-likeness (QED) is 0.706. The monoisotopic (exact) mass is 316 g/mol. The standard InChI is InChI=1S/C21H32O2/c1-4-23-15-9-11-20(2)14(13-15)5-6-16-17-7-8-19(22)21(17,3)12-10-18(16)20/h13-14,16-18H,4-12H2,1-3H3/t14?,16-,17-,18-,20-,21-/m0/s1. The second kappa shape index (κ2) is 5.36. The normalized spacial score (nSPS) is 49.0. The van der Waals surface area contributed by atoms with Crippen LogP contribution in [0.25, 0.3) is 0 Å². The van der Waals surface area contributed by atoms with Gasteiger partial charge >= 0.3 is 0 Å². The van der Waals surface area contributed by atoms with E-state index in [0.717, 1.165) is 44.1 Å². The number of fused-ring (bicyclic) bond motifs is 5. The van der Waals surface area contributed by atoms with E-state index in [1.807, 2.05) is 0 Å². The van der Waals surface area contributed by atoms with Crippen LogP contribution in [0.2, 0.25) is 0 Å². The zero-order valence-corrected chi connectivity index (χ0v) is 15.1. The van der Waals surface area contributed by atoms with Crippen LogP contribution in [0.1, 0.15) is 72.1 Å². The fourth-order valence-electron chi connectivity index (χ4n) is 6.91. The SMILES string of the molecule is CCOC1=CC2CC[C@@H]3[C@H](CC[C@]4(C)C(=O)CC[C@@H]34)[C@@]2(C)CC1. The molecule has 0 aromatic rings. The van der Waals surface area contributed by atoms with Crippen molar-refractivity contribution in [1.82, 2.24) is 0 Å². The summed E-state index contributed by atoms with van der Waals surface area (Å²) < 4.78 is 5.83. The van der Waals surface area contributed by atoms with Gasteiger partial charge in [-0.1, -0.05) is 13.8 Å². The third-order valence-electron chi connectivity index (χ3n) is 8.28. The second-order valence-corrected chi connectivity index (χ2v) is 9.05. The molecule has 0 aromatic carbocycles. The first-order chi connectivity index (χ1) is 11.0. The van der Waals surface area contributed by atoms with Gasteiger partial charge in [0, 0.05) is 18.3 Å². The van der Waals surface area contributed by atoms with E-state index in [9.17, 15) is 4.79 Å². The molecule has 0 saturated heterocycles. The topological polar surface area (TPSA) is 26.3 Å². The molecule has 0 bridgehead atoms. The van der Waals surface area contributed by atoms with Crippen LogP contribution in [-0.4, -0.2) is 12.4 Å².